The lowest BCUT2D eigenvalue weighted by atomic mass is 10.0. The highest BCUT2D eigenvalue weighted by atomic mass is 79.9. The Labute approximate surface area is 152 Å². The van der Waals surface area contributed by atoms with Gasteiger partial charge in [-0.15, -0.1) is 0 Å². The average Bonchev–Trinajstić information content (AvgIpc) is 2.54. The van der Waals surface area contributed by atoms with Gasteiger partial charge >= 0.3 is 0 Å². The number of benzene rings is 2. The Morgan fingerprint density at radius 1 is 1.22 bits per heavy atom. The standard InChI is InChI=1S/C18H15Br2NO2/c1-3-23-17-10-12(9-16(20)18(17)22-2)8-14(11-21)13-4-6-15(19)7-5-13/h4-10H,3H2,1-2H3/b14-8-. The molecule has 118 valence electrons. The number of hydrogen-bond donors (Lipinski definition) is 0. The number of nitrogens with zero attached hydrogens (tertiary/aromatic N) is 1. The van der Waals surface area contributed by atoms with Crippen molar-refractivity contribution in [2.24, 2.45) is 0 Å². The summed E-state index contributed by atoms with van der Waals surface area (Å²) in [5, 5.41) is 9.46. The Bertz CT molecular complexity index is 762. The quantitative estimate of drug-likeness (QED) is 0.447. The van der Waals surface area contributed by atoms with Gasteiger partial charge in [0.2, 0.25) is 0 Å². The molecule has 0 amide bonds. The third-order valence-corrected chi connectivity index (χ3v) is 4.24. The van der Waals surface area contributed by atoms with Crippen molar-refractivity contribution in [3.05, 3.63) is 56.5 Å². The van der Waals surface area contributed by atoms with Crippen LogP contribution in [-0.4, -0.2) is 13.7 Å². The maximum atomic E-state index is 9.46. The van der Waals surface area contributed by atoms with Crippen LogP contribution < -0.4 is 9.47 Å². The van der Waals surface area contributed by atoms with Crippen LogP contribution in [0, 0.1) is 11.3 Å². The second kappa shape index (κ2) is 8.19. The predicted octanol–water partition coefficient (Wildman–Crippen LogP) is 5.68. The summed E-state index contributed by atoms with van der Waals surface area (Å²) in [6.07, 6.45) is 1.83. The second-order valence-electron chi connectivity index (χ2n) is 4.64. The average molecular weight is 437 g/mol. The molecule has 0 aliphatic carbocycles. The van der Waals surface area contributed by atoms with E-state index in [1.807, 2.05) is 49.4 Å². The summed E-state index contributed by atoms with van der Waals surface area (Å²) in [6, 6.07) is 13.6. The maximum absolute atomic E-state index is 9.46. The number of allylic oxidation sites excluding steroid dienone is 1. The van der Waals surface area contributed by atoms with E-state index in [0.717, 1.165) is 20.1 Å². The van der Waals surface area contributed by atoms with Crippen LogP contribution in [0.2, 0.25) is 0 Å². The third-order valence-electron chi connectivity index (χ3n) is 3.12. The highest BCUT2D eigenvalue weighted by Crippen LogP contribution is 2.37. The van der Waals surface area contributed by atoms with Gasteiger partial charge in [-0.25, -0.2) is 0 Å². The van der Waals surface area contributed by atoms with Gasteiger partial charge in [-0.2, -0.15) is 5.26 Å². The molecule has 0 N–H and O–H groups in total. The molecule has 23 heavy (non-hydrogen) atoms. The van der Waals surface area contributed by atoms with Crippen LogP contribution in [0.4, 0.5) is 0 Å². The van der Waals surface area contributed by atoms with Gasteiger partial charge in [0.25, 0.3) is 0 Å². The SMILES string of the molecule is CCOc1cc(/C=C(/C#N)c2ccc(Br)cc2)cc(Br)c1OC. The van der Waals surface area contributed by atoms with Gasteiger partial charge in [-0.1, -0.05) is 28.1 Å². The molecule has 5 heteroatoms. The molecule has 0 aliphatic rings. The molecule has 2 aromatic carbocycles. The van der Waals surface area contributed by atoms with E-state index in [9.17, 15) is 5.26 Å². The predicted molar refractivity (Wildman–Crippen MR) is 99.5 cm³/mol. The molecule has 2 aromatic rings. The second-order valence-corrected chi connectivity index (χ2v) is 6.41. The van der Waals surface area contributed by atoms with Crippen molar-refractivity contribution in [3.63, 3.8) is 0 Å². The van der Waals surface area contributed by atoms with E-state index >= 15 is 0 Å². The summed E-state index contributed by atoms with van der Waals surface area (Å²) in [7, 11) is 1.60. The lowest BCUT2D eigenvalue weighted by Gasteiger charge is -2.12. The Balaban J connectivity index is 2.48. The molecule has 0 heterocycles. The fourth-order valence-electron chi connectivity index (χ4n) is 2.11. The van der Waals surface area contributed by atoms with Crippen molar-refractivity contribution in [3.8, 4) is 17.6 Å². The minimum Gasteiger partial charge on any atom is -0.492 e. The number of halogens is 2. The summed E-state index contributed by atoms with van der Waals surface area (Å²) in [6.45, 7) is 2.45. The maximum Gasteiger partial charge on any atom is 0.174 e. The first-order valence-corrected chi connectivity index (χ1v) is 8.55. The summed E-state index contributed by atoms with van der Waals surface area (Å²) in [5.74, 6) is 1.29. The van der Waals surface area contributed by atoms with Crippen LogP contribution in [0.5, 0.6) is 11.5 Å². The van der Waals surface area contributed by atoms with E-state index in [1.54, 1.807) is 7.11 Å². The molecular formula is C18H15Br2NO2. The van der Waals surface area contributed by atoms with Crippen LogP contribution in [-0.2, 0) is 0 Å². The molecule has 0 fully saturated rings. The van der Waals surface area contributed by atoms with Crippen molar-refractivity contribution >= 4 is 43.5 Å². The molecule has 0 atom stereocenters. The Morgan fingerprint density at radius 3 is 2.48 bits per heavy atom. The van der Waals surface area contributed by atoms with Crippen molar-refractivity contribution in [2.75, 3.05) is 13.7 Å². The van der Waals surface area contributed by atoms with Gasteiger partial charge in [0.15, 0.2) is 11.5 Å². The highest BCUT2D eigenvalue weighted by molar-refractivity contribution is 9.10. The number of nitriles is 1. The Kier molecular flexibility index (Phi) is 6.26. The van der Waals surface area contributed by atoms with Crippen LogP contribution in [0.15, 0.2) is 45.3 Å². The van der Waals surface area contributed by atoms with Gasteiger partial charge in [-0.05, 0) is 64.3 Å². The van der Waals surface area contributed by atoms with Crippen molar-refractivity contribution in [2.45, 2.75) is 6.92 Å². The molecule has 0 unspecified atom stereocenters. The molecule has 2 rings (SSSR count). The molecule has 0 aromatic heterocycles. The van der Waals surface area contributed by atoms with Crippen LogP contribution in [0.25, 0.3) is 11.6 Å². The largest absolute Gasteiger partial charge is 0.492 e. The zero-order valence-electron chi connectivity index (χ0n) is 12.8. The van der Waals surface area contributed by atoms with Crippen LogP contribution in [0.1, 0.15) is 18.1 Å². The fourth-order valence-corrected chi connectivity index (χ4v) is 2.99. The molecule has 3 nitrogen and oxygen atoms in total. The lowest BCUT2D eigenvalue weighted by Crippen LogP contribution is -1.96. The molecule has 0 saturated carbocycles. The van der Waals surface area contributed by atoms with Gasteiger partial charge in [0, 0.05) is 4.47 Å². The minimum absolute atomic E-state index is 0.536. The van der Waals surface area contributed by atoms with Crippen molar-refractivity contribution in [1.29, 1.82) is 5.26 Å². The molecule has 0 bridgehead atoms. The monoisotopic (exact) mass is 435 g/mol. The Hall–Kier alpha value is -1.77. The van der Waals surface area contributed by atoms with E-state index in [4.69, 9.17) is 9.47 Å². The van der Waals surface area contributed by atoms with E-state index in [1.165, 1.54) is 0 Å². The van der Waals surface area contributed by atoms with Crippen molar-refractivity contribution < 1.29 is 9.47 Å². The number of ether oxygens (including phenoxy) is 2. The Morgan fingerprint density at radius 2 is 1.91 bits per heavy atom. The molecule has 0 radical (unpaired) electrons. The van der Waals surface area contributed by atoms with E-state index < -0.39 is 0 Å². The summed E-state index contributed by atoms with van der Waals surface area (Å²) in [5.41, 5.74) is 2.30. The van der Waals surface area contributed by atoms with E-state index in [0.29, 0.717) is 23.7 Å². The van der Waals surface area contributed by atoms with Crippen molar-refractivity contribution in [1.82, 2.24) is 0 Å². The first-order valence-electron chi connectivity index (χ1n) is 6.97. The first kappa shape index (κ1) is 17.6. The van der Waals surface area contributed by atoms with Gasteiger partial charge < -0.3 is 9.47 Å². The molecule has 0 aliphatic heterocycles. The summed E-state index contributed by atoms with van der Waals surface area (Å²) >= 11 is 6.88. The zero-order chi connectivity index (χ0) is 16.8. The minimum atomic E-state index is 0.536. The smallest absolute Gasteiger partial charge is 0.174 e. The summed E-state index contributed by atoms with van der Waals surface area (Å²) < 4.78 is 12.7. The van der Waals surface area contributed by atoms with Crippen LogP contribution in [0.3, 0.4) is 0 Å². The van der Waals surface area contributed by atoms with Gasteiger partial charge in [0.1, 0.15) is 0 Å². The molecule has 0 spiro atoms. The number of methoxy groups -OCH3 is 1. The zero-order valence-corrected chi connectivity index (χ0v) is 15.9. The first-order chi connectivity index (χ1) is 11.1. The van der Waals surface area contributed by atoms with E-state index in [-0.39, 0.29) is 0 Å². The molecule has 0 saturated heterocycles. The normalized spacial score (nSPS) is 11.0. The van der Waals surface area contributed by atoms with Gasteiger partial charge in [0.05, 0.1) is 29.8 Å². The fraction of sp³-hybridized carbons (Fsp3) is 0.167. The van der Waals surface area contributed by atoms with Crippen LogP contribution >= 0.6 is 31.9 Å². The number of hydrogen-bond acceptors (Lipinski definition) is 3. The summed E-state index contributed by atoms with van der Waals surface area (Å²) in [4.78, 5) is 0. The third kappa shape index (κ3) is 4.37. The topological polar surface area (TPSA) is 42.2 Å². The highest BCUT2D eigenvalue weighted by Gasteiger charge is 2.11. The lowest BCUT2D eigenvalue weighted by molar-refractivity contribution is 0.310. The van der Waals surface area contributed by atoms with Gasteiger partial charge in [-0.3, -0.25) is 0 Å². The number of rotatable bonds is 5. The molecular weight excluding hydrogens is 422 g/mol. The van der Waals surface area contributed by atoms with E-state index in [2.05, 4.69) is 37.9 Å².